The number of likely N-dealkylation sites (tertiary alicyclic amines) is 2. The summed E-state index contributed by atoms with van der Waals surface area (Å²) in [6.45, 7) is 6.52. The fourth-order valence-corrected chi connectivity index (χ4v) is 4.62. The number of carbonyl (C=O) groups is 1. The Morgan fingerprint density at radius 3 is 2.76 bits per heavy atom. The van der Waals surface area contributed by atoms with Crippen molar-refractivity contribution in [2.24, 2.45) is 5.41 Å². The van der Waals surface area contributed by atoms with Crippen molar-refractivity contribution in [3.05, 3.63) is 29.6 Å². The van der Waals surface area contributed by atoms with Crippen molar-refractivity contribution >= 4 is 5.91 Å². The van der Waals surface area contributed by atoms with Crippen LogP contribution in [0.15, 0.2) is 18.2 Å². The van der Waals surface area contributed by atoms with Crippen molar-refractivity contribution in [1.29, 1.82) is 0 Å². The van der Waals surface area contributed by atoms with E-state index in [2.05, 4.69) is 4.90 Å². The normalized spacial score (nSPS) is 22.1. The minimum absolute atomic E-state index is 0.0272. The third-order valence-electron chi connectivity index (χ3n) is 6.18. The smallest absolute Gasteiger partial charge is 0.224 e. The minimum atomic E-state index is -0.470. The Morgan fingerprint density at radius 2 is 2.10 bits per heavy atom. The van der Waals surface area contributed by atoms with Crippen molar-refractivity contribution in [1.82, 2.24) is 9.80 Å². The highest BCUT2D eigenvalue weighted by Crippen LogP contribution is 2.40. The van der Waals surface area contributed by atoms with Crippen molar-refractivity contribution in [2.45, 2.75) is 45.3 Å². The second-order valence-electron chi connectivity index (χ2n) is 8.32. The van der Waals surface area contributed by atoms with Crippen LogP contribution in [0.1, 0.15) is 38.2 Å². The average molecular weight is 409 g/mol. The first-order valence-corrected chi connectivity index (χ1v) is 10.5. The maximum absolute atomic E-state index is 13.9. The number of benzene rings is 1. The van der Waals surface area contributed by atoms with Gasteiger partial charge in [-0.25, -0.2) is 4.39 Å². The number of halogens is 1. The van der Waals surface area contributed by atoms with E-state index in [1.54, 1.807) is 6.07 Å². The molecule has 1 unspecified atom stereocenters. The summed E-state index contributed by atoms with van der Waals surface area (Å²) in [7, 11) is 1.46. The number of hydrogen-bond donors (Lipinski definition) is 1. The molecular weight excluding hydrogens is 375 g/mol. The van der Waals surface area contributed by atoms with Crippen molar-refractivity contribution in [3.63, 3.8) is 0 Å². The molecular formula is C22H33FN2O4. The summed E-state index contributed by atoms with van der Waals surface area (Å²) in [5.74, 6) is -0.0144. The van der Waals surface area contributed by atoms with Crippen LogP contribution in [0.4, 0.5) is 4.39 Å². The molecule has 0 bridgehead atoms. The molecule has 0 radical (unpaired) electrons. The van der Waals surface area contributed by atoms with Crippen LogP contribution in [0.2, 0.25) is 0 Å². The Morgan fingerprint density at radius 1 is 1.34 bits per heavy atom. The van der Waals surface area contributed by atoms with Gasteiger partial charge >= 0.3 is 0 Å². The number of rotatable bonds is 7. The molecule has 1 amide bonds. The Kier molecular flexibility index (Phi) is 7.49. The molecule has 3 rings (SSSR count). The van der Waals surface area contributed by atoms with E-state index >= 15 is 0 Å². The first-order chi connectivity index (χ1) is 13.9. The van der Waals surface area contributed by atoms with Crippen LogP contribution in [-0.4, -0.2) is 73.4 Å². The molecule has 0 aromatic heterocycles. The Labute approximate surface area is 172 Å². The average Bonchev–Trinajstić information content (AvgIpc) is 2.70. The molecule has 0 aliphatic carbocycles. The van der Waals surface area contributed by atoms with Gasteiger partial charge in [-0.15, -0.1) is 0 Å². The first-order valence-electron chi connectivity index (χ1n) is 10.5. The number of ether oxygens (including phenoxy) is 2. The molecule has 2 saturated heterocycles. The molecule has 1 aromatic carbocycles. The van der Waals surface area contributed by atoms with Crippen LogP contribution >= 0.6 is 0 Å². The molecule has 1 atom stereocenters. The fourth-order valence-electron chi connectivity index (χ4n) is 4.62. The predicted octanol–water partition coefficient (Wildman–Crippen LogP) is 2.44. The summed E-state index contributed by atoms with van der Waals surface area (Å²) < 4.78 is 24.2. The van der Waals surface area contributed by atoms with Gasteiger partial charge in [0.25, 0.3) is 0 Å². The summed E-state index contributed by atoms with van der Waals surface area (Å²) in [6.07, 6.45) is 2.50. The fraction of sp³-hybridized carbons (Fsp3) is 0.682. The van der Waals surface area contributed by atoms with Crippen LogP contribution in [-0.2, 0) is 16.1 Å². The number of piperidine rings is 2. The van der Waals surface area contributed by atoms with E-state index in [4.69, 9.17) is 9.47 Å². The third-order valence-corrected chi connectivity index (χ3v) is 6.18. The van der Waals surface area contributed by atoms with Gasteiger partial charge in [-0.1, -0.05) is 6.07 Å². The van der Waals surface area contributed by atoms with E-state index < -0.39 is 6.10 Å². The molecule has 2 aliphatic rings. The summed E-state index contributed by atoms with van der Waals surface area (Å²) in [6, 6.07) is 5.10. The second kappa shape index (κ2) is 9.87. The first kappa shape index (κ1) is 22.0. The highest BCUT2D eigenvalue weighted by Gasteiger charge is 2.42. The van der Waals surface area contributed by atoms with E-state index in [1.807, 2.05) is 17.9 Å². The standard InChI is InChI=1S/C22H33FN2O4/c1-3-29-11-6-21(27)25-15-18(26)13-22(16-25)7-9-24(10-8-22)14-17-4-5-20(28-2)19(23)12-17/h4-5,12,18,26H,3,6-11,13-16H2,1-2H3. The van der Waals surface area contributed by atoms with Gasteiger partial charge in [0.05, 0.1) is 26.2 Å². The SMILES string of the molecule is CCOCCC(=O)N1CC(O)CC2(CCN(Cc3ccc(OC)c(F)c3)CC2)C1. The molecule has 29 heavy (non-hydrogen) atoms. The predicted molar refractivity (Wildman–Crippen MR) is 108 cm³/mol. The number of amides is 1. The summed E-state index contributed by atoms with van der Waals surface area (Å²) in [4.78, 5) is 16.6. The van der Waals surface area contributed by atoms with Gasteiger partial charge < -0.3 is 19.5 Å². The van der Waals surface area contributed by atoms with E-state index in [0.717, 1.165) is 37.9 Å². The number of carbonyl (C=O) groups excluding carboxylic acids is 1. The van der Waals surface area contributed by atoms with E-state index in [1.165, 1.54) is 13.2 Å². The highest BCUT2D eigenvalue weighted by molar-refractivity contribution is 5.76. The molecule has 1 spiro atoms. The second-order valence-corrected chi connectivity index (χ2v) is 8.32. The lowest BCUT2D eigenvalue weighted by Gasteiger charge is -2.49. The van der Waals surface area contributed by atoms with Crippen LogP contribution in [0.5, 0.6) is 5.75 Å². The number of methoxy groups -OCH3 is 1. The largest absolute Gasteiger partial charge is 0.494 e. The van der Waals surface area contributed by atoms with Crippen LogP contribution < -0.4 is 4.74 Å². The maximum Gasteiger partial charge on any atom is 0.224 e. The van der Waals surface area contributed by atoms with Crippen LogP contribution in [0.3, 0.4) is 0 Å². The zero-order valence-electron chi connectivity index (χ0n) is 17.5. The van der Waals surface area contributed by atoms with Gasteiger partial charge in [0.15, 0.2) is 11.6 Å². The van der Waals surface area contributed by atoms with Gasteiger partial charge in [0.2, 0.25) is 5.91 Å². The van der Waals surface area contributed by atoms with Crippen molar-refractivity contribution in [3.8, 4) is 5.75 Å². The number of nitrogens with zero attached hydrogens (tertiary/aromatic N) is 2. The van der Waals surface area contributed by atoms with Gasteiger partial charge in [0.1, 0.15) is 0 Å². The molecule has 2 fully saturated rings. The molecule has 6 nitrogen and oxygen atoms in total. The number of hydrogen-bond acceptors (Lipinski definition) is 5. The van der Waals surface area contributed by atoms with E-state index in [-0.39, 0.29) is 22.9 Å². The zero-order chi connectivity index (χ0) is 20.9. The Hall–Kier alpha value is -1.70. The lowest BCUT2D eigenvalue weighted by Crippen LogP contribution is -2.55. The van der Waals surface area contributed by atoms with Gasteiger partial charge in [-0.2, -0.15) is 0 Å². The van der Waals surface area contributed by atoms with Crippen molar-refractivity contribution < 1.29 is 23.8 Å². The number of aliphatic hydroxyl groups excluding tert-OH is 1. The highest BCUT2D eigenvalue weighted by atomic mass is 19.1. The van der Waals surface area contributed by atoms with Crippen LogP contribution in [0.25, 0.3) is 0 Å². The van der Waals surface area contributed by atoms with Gasteiger partial charge in [0, 0.05) is 26.2 Å². The van der Waals surface area contributed by atoms with Gasteiger partial charge in [-0.05, 0) is 62.4 Å². The number of aliphatic hydroxyl groups is 1. The quantitative estimate of drug-likeness (QED) is 0.702. The molecule has 1 aromatic rings. The monoisotopic (exact) mass is 408 g/mol. The van der Waals surface area contributed by atoms with Crippen molar-refractivity contribution in [2.75, 3.05) is 46.5 Å². The lowest BCUT2D eigenvalue weighted by molar-refractivity contribution is -0.141. The topological polar surface area (TPSA) is 62.2 Å². The summed E-state index contributed by atoms with van der Waals surface area (Å²) in [5, 5.41) is 10.4. The van der Waals surface area contributed by atoms with E-state index in [9.17, 15) is 14.3 Å². The molecule has 2 heterocycles. The van der Waals surface area contributed by atoms with Gasteiger partial charge in [-0.3, -0.25) is 9.69 Å². The summed E-state index contributed by atoms with van der Waals surface area (Å²) in [5.41, 5.74) is 0.899. The molecule has 2 aliphatic heterocycles. The van der Waals surface area contributed by atoms with E-state index in [0.29, 0.717) is 39.3 Å². The maximum atomic E-state index is 13.9. The number of β-amino-alcohol motifs (C(OH)–C–C–N with tert-alkyl or cyclic N) is 1. The third kappa shape index (κ3) is 5.68. The Balaban J connectivity index is 1.55. The lowest BCUT2D eigenvalue weighted by atomic mass is 9.71. The molecule has 162 valence electrons. The zero-order valence-corrected chi connectivity index (χ0v) is 17.5. The van der Waals surface area contributed by atoms with Crippen LogP contribution in [0, 0.1) is 11.2 Å². The molecule has 1 N–H and O–H groups in total. The summed E-state index contributed by atoms with van der Waals surface area (Å²) >= 11 is 0. The minimum Gasteiger partial charge on any atom is -0.494 e. The molecule has 7 heteroatoms. The molecule has 0 saturated carbocycles. The Bertz CT molecular complexity index is 691.